The molecule has 2 N–H and O–H groups in total. The molecule has 8 nitrogen and oxygen atoms in total. The van der Waals surface area contributed by atoms with Crippen molar-refractivity contribution in [3.8, 4) is 5.75 Å². The molecule has 0 radical (unpaired) electrons. The highest BCUT2D eigenvalue weighted by atomic mass is 35.5. The Kier molecular flexibility index (Phi) is 7.22. The molecule has 0 spiro atoms. The molecule has 0 saturated heterocycles. The van der Waals surface area contributed by atoms with E-state index in [4.69, 9.17) is 20.9 Å². The summed E-state index contributed by atoms with van der Waals surface area (Å²) >= 11 is 6.06. The quantitative estimate of drug-likeness (QED) is 0.476. The summed E-state index contributed by atoms with van der Waals surface area (Å²) in [6, 6.07) is 10.9. The van der Waals surface area contributed by atoms with Crippen LogP contribution in [-0.4, -0.2) is 26.6 Å². The highest BCUT2D eigenvalue weighted by Gasteiger charge is 2.15. The largest absolute Gasteiger partial charge is 0.495 e. The molecule has 168 valence electrons. The Hall–Kier alpha value is -3.30. The lowest BCUT2D eigenvalue weighted by molar-refractivity contribution is -0.115. The number of nitrogens with zero attached hydrogens (tertiary/aromatic N) is 1. The molecule has 0 aliphatic heterocycles. The summed E-state index contributed by atoms with van der Waals surface area (Å²) in [6.07, 6.45) is 3.72. The lowest BCUT2D eigenvalue weighted by Gasteiger charge is -2.10. The summed E-state index contributed by atoms with van der Waals surface area (Å²) in [5.41, 5.74) is 2.13. The van der Waals surface area contributed by atoms with Crippen LogP contribution in [0.25, 0.3) is 12.2 Å². The Balaban J connectivity index is 1.75. The van der Waals surface area contributed by atoms with Gasteiger partial charge in [0.1, 0.15) is 17.1 Å². The maximum atomic E-state index is 12.7. The van der Waals surface area contributed by atoms with Gasteiger partial charge < -0.3 is 14.6 Å². The van der Waals surface area contributed by atoms with E-state index < -0.39 is 10.0 Å². The number of methoxy groups -OCH3 is 1. The minimum absolute atomic E-state index is 0.0907. The molecule has 0 saturated carbocycles. The molecule has 0 atom stereocenters. The number of aromatic nitrogens is 1. The number of amides is 1. The molecule has 2 aromatic carbocycles. The Morgan fingerprint density at radius 2 is 1.91 bits per heavy atom. The molecule has 0 bridgehead atoms. The van der Waals surface area contributed by atoms with Gasteiger partial charge in [-0.3, -0.25) is 9.52 Å². The van der Waals surface area contributed by atoms with Gasteiger partial charge in [-0.2, -0.15) is 0 Å². The molecule has 10 heteroatoms. The van der Waals surface area contributed by atoms with E-state index in [9.17, 15) is 13.2 Å². The predicted octanol–water partition coefficient (Wildman–Crippen LogP) is 4.96. The van der Waals surface area contributed by atoms with Crippen LogP contribution in [0.3, 0.4) is 0 Å². The Bertz CT molecular complexity index is 1250. The van der Waals surface area contributed by atoms with Crippen LogP contribution in [0.15, 0.2) is 51.9 Å². The lowest BCUT2D eigenvalue weighted by atomic mass is 10.2. The SMILES string of the molecule is CCC(=O)Nc1c(C)noc1/C=C\c1ccc(S(=O)(=O)Nc2ccc(OC)c(Cl)c2)cc1. The van der Waals surface area contributed by atoms with Crippen molar-refractivity contribution in [3.63, 3.8) is 0 Å². The molecule has 1 heterocycles. The highest BCUT2D eigenvalue weighted by molar-refractivity contribution is 7.92. The van der Waals surface area contributed by atoms with E-state index in [1.807, 2.05) is 0 Å². The van der Waals surface area contributed by atoms with E-state index in [0.717, 1.165) is 5.56 Å². The lowest BCUT2D eigenvalue weighted by Crippen LogP contribution is -2.12. The minimum atomic E-state index is -3.80. The van der Waals surface area contributed by atoms with E-state index in [1.165, 1.54) is 25.3 Å². The Labute approximate surface area is 191 Å². The molecule has 3 rings (SSSR count). The number of halogens is 1. The zero-order valence-electron chi connectivity index (χ0n) is 17.7. The number of rotatable bonds is 8. The number of carbonyl (C=O) groups is 1. The highest BCUT2D eigenvalue weighted by Crippen LogP contribution is 2.28. The van der Waals surface area contributed by atoms with Crippen LogP contribution < -0.4 is 14.8 Å². The molecular weight excluding hydrogens is 454 g/mol. The summed E-state index contributed by atoms with van der Waals surface area (Å²) in [5.74, 6) is 0.704. The Morgan fingerprint density at radius 1 is 1.19 bits per heavy atom. The number of benzene rings is 2. The first-order valence-corrected chi connectivity index (χ1v) is 11.5. The van der Waals surface area contributed by atoms with Gasteiger partial charge in [-0.15, -0.1) is 0 Å². The molecule has 0 unspecified atom stereocenters. The number of sulfonamides is 1. The maximum Gasteiger partial charge on any atom is 0.261 e. The van der Waals surface area contributed by atoms with Crippen LogP contribution in [0.1, 0.15) is 30.4 Å². The number of anilines is 2. The molecule has 0 fully saturated rings. The summed E-state index contributed by atoms with van der Waals surface area (Å²) in [4.78, 5) is 11.8. The van der Waals surface area contributed by atoms with E-state index in [1.54, 1.807) is 50.3 Å². The third kappa shape index (κ3) is 5.49. The smallest absolute Gasteiger partial charge is 0.261 e. The van der Waals surface area contributed by atoms with Gasteiger partial charge >= 0.3 is 0 Å². The topological polar surface area (TPSA) is 111 Å². The average Bonchev–Trinajstić information content (AvgIpc) is 3.11. The fraction of sp³-hybridized carbons (Fsp3) is 0.182. The van der Waals surface area contributed by atoms with Crippen LogP contribution in [0.5, 0.6) is 5.75 Å². The number of hydrogen-bond acceptors (Lipinski definition) is 6. The number of ether oxygens (including phenoxy) is 1. The van der Waals surface area contributed by atoms with Crippen molar-refractivity contribution >= 4 is 51.1 Å². The number of carbonyl (C=O) groups excluding carboxylic acids is 1. The summed E-state index contributed by atoms with van der Waals surface area (Å²) in [7, 11) is -2.32. The zero-order valence-corrected chi connectivity index (χ0v) is 19.3. The predicted molar refractivity (Wildman–Crippen MR) is 124 cm³/mol. The number of aryl methyl sites for hydroxylation is 1. The van der Waals surface area contributed by atoms with Crippen molar-refractivity contribution in [2.24, 2.45) is 0 Å². The standard InChI is InChI=1S/C22H22ClN3O5S/c1-4-21(27)24-22-14(2)25-31-20(22)11-7-15-5-9-17(10-6-15)32(28,29)26-16-8-12-19(30-3)18(23)13-16/h5-13,26H,4H2,1-3H3,(H,24,27)/b11-7-. The first-order chi connectivity index (χ1) is 15.2. The van der Waals surface area contributed by atoms with Crippen LogP contribution >= 0.6 is 11.6 Å². The van der Waals surface area contributed by atoms with Gasteiger partial charge in [0.2, 0.25) is 5.91 Å². The van der Waals surface area contributed by atoms with Crippen LogP contribution in [0, 0.1) is 6.92 Å². The van der Waals surface area contributed by atoms with Gasteiger partial charge in [0, 0.05) is 6.42 Å². The molecule has 1 aromatic heterocycles. The van der Waals surface area contributed by atoms with Crippen molar-refractivity contribution < 1.29 is 22.5 Å². The molecule has 32 heavy (non-hydrogen) atoms. The normalized spacial score (nSPS) is 11.5. The van der Waals surface area contributed by atoms with Crippen molar-refractivity contribution in [2.45, 2.75) is 25.2 Å². The summed E-state index contributed by atoms with van der Waals surface area (Å²) in [6.45, 7) is 3.48. The fourth-order valence-corrected chi connectivity index (χ4v) is 4.06. The van der Waals surface area contributed by atoms with Gasteiger partial charge in [-0.1, -0.05) is 41.9 Å². The summed E-state index contributed by atoms with van der Waals surface area (Å²) in [5, 5.41) is 6.93. The van der Waals surface area contributed by atoms with Crippen LogP contribution in [0.2, 0.25) is 5.02 Å². The van der Waals surface area contributed by atoms with Crippen molar-refractivity contribution in [2.75, 3.05) is 17.1 Å². The van der Waals surface area contributed by atoms with Gasteiger partial charge in [-0.05, 0) is 48.9 Å². The van der Waals surface area contributed by atoms with Gasteiger partial charge in [0.05, 0.1) is 22.7 Å². The van der Waals surface area contributed by atoms with E-state index >= 15 is 0 Å². The summed E-state index contributed by atoms with van der Waals surface area (Å²) < 4.78 is 38.2. The van der Waals surface area contributed by atoms with Crippen molar-refractivity contribution in [3.05, 3.63) is 64.5 Å². The van der Waals surface area contributed by atoms with Crippen molar-refractivity contribution in [1.29, 1.82) is 0 Å². The van der Waals surface area contributed by atoms with Gasteiger partial charge in [-0.25, -0.2) is 8.42 Å². The number of nitrogens with one attached hydrogen (secondary N) is 2. The zero-order chi connectivity index (χ0) is 23.3. The molecular formula is C22H22ClN3O5S. The molecule has 3 aromatic rings. The van der Waals surface area contributed by atoms with Gasteiger partial charge in [0.25, 0.3) is 10.0 Å². The second kappa shape index (κ2) is 9.88. The fourth-order valence-electron chi connectivity index (χ4n) is 2.75. The second-order valence-corrected chi connectivity index (χ2v) is 8.86. The van der Waals surface area contributed by atoms with Crippen LogP contribution in [0.4, 0.5) is 11.4 Å². The van der Waals surface area contributed by atoms with E-state index in [-0.39, 0.29) is 10.8 Å². The second-order valence-electron chi connectivity index (χ2n) is 6.77. The minimum Gasteiger partial charge on any atom is -0.495 e. The van der Waals surface area contributed by atoms with E-state index in [0.29, 0.717) is 40.0 Å². The molecule has 0 aliphatic carbocycles. The van der Waals surface area contributed by atoms with Crippen molar-refractivity contribution in [1.82, 2.24) is 5.16 Å². The van der Waals surface area contributed by atoms with E-state index in [2.05, 4.69) is 15.2 Å². The van der Waals surface area contributed by atoms with Crippen LogP contribution in [-0.2, 0) is 14.8 Å². The Morgan fingerprint density at radius 3 is 2.53 bits per heavy atom. The van der Waals surface area contributed by atoms with Gasteiger partial charge in [0.15, 0.2) is 5.76 Å². The maximum absolute atomic E-state index is 12.7. The molecule has 1 amide bonds. The first-order valence-electron chi connectivity index (χ1n) is 9.64. The third-order valence-electron chi connectivity index (χ3n) is 4.50. The third-order valence-corrected chi connectivity index (χ3v) is 6.19. The average molecular weight is 476 g/mol. The first kappa shape index (κ1) is 23.4. The monoisotopic (exact) mass is 475 g/mol. The number of hydrogen-bond donors (Lipinski definition) is 2. The molecule has 0 aliphatic rings.